The smallest absolute Gasteiger partial charge is 0.164 e. The minimum Gasteiger partial charge on any atom is -0.390 e. The molecule has 16 heavy (non-hydrogen) atoms. The maximum Gasteiger partial charge on any atom is 0.164 e. The van der Waals surface area contributed by atoms with E-state index in [1.165, 1.54) is 0 Å². The quantitative estimate of drug-likeness (QED) is 0.454. The summed E-state index contributed by atoms with van der Waals surface area (Å²) in [5.74, 6) is -0.742. The van der Waals surface area contributed by atoms with Crippen LogP contribution in [0.5, 0.6) is 0 Å². The van der Waals surface area contributed by atoms with Crippen LogP contribution in [-0.4, -0.2) is 35.2 Å². The third-order valence-electron chi connectivity index (χ3n) is 2.60. The molecule has 0 radical (unpaired) electrons. The average molecular weight is 290 g/mol. The molecule has 7 heteroatoms. The summed E-state index contributed by atoms with van der Waals surface area (Å²) in [5, 5.41) is 13.5. The Bertz CT molecular complexity index is 378. The summed E-state index contributed by atoms with van der Waals surface area (Å²) in [4.78, 5) is 2.70. The van der Waals surface area contributed by atoms with E-state index in [2.05, 4.69) is 26.0 Å². The number of hydrogen-bond donors (Lipinski definition) is 1. The molecule has 1 fully saturated rings. The molecule has 0 aromatic carbocycles. The van der Waals surface area contributed by atoms with Crippen LogP contribution in [0.3, 0.4) is 0 Å². The molecule has 1 heterocycles. The molecule has 2 aliphatic rings. The number of rotatable bonds is 1. The summed E-state index contributed by atoms with van der Waals surface area (Å²) >= 11 is 3.35. The zero-order chi connectivity index (χ0) is 11.9. The molecule has 1 N–H and O–H groups in total. The number of aliphatic hydroxyl groups excluding tert-OH is 1. The van der Waals surface area contributed by atoms with E-state index in [1.54, 1.807) is 19.9 Å². The van der Waals surface area contributed by atoms with Gasteiger partial charge in [0.1, 0.15) is 12.2 Å². The van der Waals surface area contributed by atoms with Crippen molar-refractivity contribution in [3.8, 4) is 0 Å². The van der Waals surface area contributed by atoms with Crippen LogP contribution < -0.4 is 0 Å². The Morgan fingerprint density at radius 3 is 2.88 bits per heavy atom. The van der Waals surface area contributed by atoms with Gasteiger partial charge < -0.3 is 14.6 Å². The van der Waals surface area contributed by atoms with Gasteiger partial charge in [0.25, 0.3) is 0 Å². The van der Waals surface area contributed by atoms with Crippen LogP contribution in [0.4, 0.5) is 0 Å². The maximum atomic E-state index is 9.98. The molecular weight excluding hydrogens is 278 g/mol. The van der Waals surface area contributed by atoms with Gasteiger partial charge in [-0.15, -0.1) is 0 Å². The van der Waals surface area contributed by atoms with Gasteiger partial charge in [0.15, 0.2) is 5.79 Å². The van der Waals surface area contributed by atoms with Crippen molar-refractivity contribution in [2.75, 3.05) is 0 Å². The first-order chi connectivity index (χ1) is 7.44. The molecule has 1 saturated heterocycles. The van der Waals surface area contributed by atoms with Crippen LogP contribution in [0.15, 0.2) is 15.7 Å². The third-order valence-corrected chi connectivity index (χ3v) is 3.32. The van der Waals surface area contributed by atoms with Gasteiger partial charge in [-0.05, 0) is 19.4 Å². The third kappa shape index (κ3) is 1.97. The van der Waals surface area contributed by atoms with Crippen LogP contribution in [-0.2, 0) is 9.47 Å². The second-order valence-electron chi connectivity index (χ2n) is 4.26. The number of ether oxygens (including phenoxy) is 2. The first-order valence-corrected chi connectivity index (χ1v) is 5.69. The molecule has 0 amide bonds. The summed E-state index contributed by atoms with van der Waals surface area (Å²) in [6.07, 6.45) is -0.0833. The van der Waals surface area contributed by atoms with Gasteiger partial charge in [0.05, 0.1) is 12.1 Å². The number of azide groups is 1. The van der Waals surface area contributed by atoms with Gasteiger partial charge in [-0.3, -0.25) is 0 Å². The molecule has 6 nitrogen and oxygen atoms in total. The van der Waals surface area contributed by atoms with Gasteiger partial charge in [0, 0.05) is 9.39 Å². The van der Waals surface area contributed by atoms with E-state index in [9.17, 15) is 5.11 Å². The number of nitrogens with zero attached hydrogens (tertiary/aromatic N) is 3. The van der Waals surface area contributed by atoms with E-state index in [0.29, 0.717) is 0 Å². The highest BCUT2D eigenvalue weighted by atomic mass is 79.9. The van der Waals surface area contributed by atoms with Crippen molar-refractivity contribution in [1.29, 1.82) is 0 Å². The molecule has 0 spiro atoms. The second-order valence-corrected chi connectivity index (χ2v) is 5.17. The molecule has 2 rings (SSSR count). The topological polar surface area (TPSA) is 87.5 Å². The Labute approximate surface area is 101 Å². The number of aliphatic hydroxyl groups is 1. The van der Waals surface area contributed by atoms with Crippen LogP contribution >= 0.6 is 15.9 Å². The molecule has 4 atom stereocenters. The first-order valence-electron chi connectivity index (χ1n) is 4.90. The predicted octanol–water partition coefficient (Wildman–Crippen LogP) is 1.84. The van der Waals surface area contributed by atoms with E-state index < -0.39 is 24.0 Å². The minimum atomic E-state index is -0.885. The normalized spacial score (nSPS) is 40.9. The van der Waals surface area contributed by atoms with Crippen LogP contribution in [0.25, 0.3) is 10.4 Å². The van der Waals surface area contributed by atoms with Crippen molar-refractivity contribution < 1.29 is 14.6 Å². The van der Waals surface area contributed by atoms with Crippen LogP contribution in [0.2, 0.25) is 0 Å². The summed E-state index contributed by atoms with van der Waals surface area (Å²) in [7, 11) is 0. The lowest BCUT2D eigenvalue weighted by Gasteiger charge is -2.29. The summed E-state index contributed by atoms with van der Waals surface area (Å²) in [6.45, 7) is 3.56. The fourth-order valence-electron chi connectivity index (χ4n) is 1.96. The summed E-state index contributed by atoms with van der Waals surface area (Å²) in [6, 6.07) is -0.627. The highest BCUT2D eigenvalue weighted by Crippen LogP contribution is 2.40. The molecule has 1 aliphatic carbocycles. The minimum absolute atomic E-state index is 0.338. The zero-order valence-corrected chi connectivity index (χ0v) is 10.5. The molecule has 0 aromatic rings. The van der Waals surface area contributed by atoms with E-state index in [0.717, 1.165) is 4.48 Å². The van der Waals surface area contributed by atoms with Crippen LogP contribution in [0, 0.1) is 0 Å². The lowest BCUT2D eigenvalue weighted by Crippen LogP contribution is -2.45. The van der Waals surface area contributed by atoms with Gasteiger partial charge in [-0.2, -0.15) is 0 Å². The summed E-state index contributed by atoms with van der Waals surface area (Å²) in [5.41, 5.74) is 8.40. The van der Waals surface area contributed by atoms with Crippen molar-refractivity contribution in [3.63, 3.8) is 0 Å². The van der Waals surface area contributed by atoms with Crippen molar-refractivity contribution in [3.05, 3.63) is 21.0 Å². The Morgan fingerprint density at radius 1 is 1.56 bits per heavy atom. The Kier molecular flexibility index (Phi) is 2.98. The van der Waals surface area contributed by atoms with E-state index in [1.807, 2.05) is 0 Å². The Hall–Kier alpha value is -0.590. The van der Waals surface area contributed by atoms with Crippen molar-refractivity contribution in [1.82, 2.24) is 0 Å². The fraction of sp³-hybridized carbons (Fsp3) is 0.778. The number of hydrogen-bond acceptors (Lipinski definition) is 4. The Balaban J connectivity index is 2.30. The van der Waals surface area contributed by atoms with Gasteiger partial charge >= 0.3 is 0 Å². The predicted molar refractivity (Wildman–Crippen MR) is 59.8 cm³/mol. The molecule has 0 bridgehead atoms. The second kappa shape index (κ2) is 4.01. The van der Waals surface area contributed by atoms with E-state index in [-0.39, 0.29) is 6.10 Å². The van der Waals surface area contributed by atoms with Crippen molar-refractivity contribution in [2.24, 2.45) is 5.11 Å². The number of halogens is 1. The zero-order valence-electron chi connectivity index (χ0n) is 8.87. The highest BCUT2D eigenvalue weighted by molar-refractivity contribution is 9.11. The lowest BCUT2D eigenvalue weighted by atomic mass is 9.95. The molecule has 0 unspecified atom stereocenters. The van der Waals surface area contributed by atoms with E-state index in [4.69, 9.17) is 15.0 Å². The fourth-order valence-corrected chi connectivity index (χ4v) is 2.59. The monoisotopic (exact) mass is 289 g/mol. The van der Waals surface area contributed by atoms with Crippen molar-refractivity contribution >= 4 is 15.9 Å². The SMILES string of the molecule is CC1(C)O[C@H]2[C@@H](O)[C@H](N=[N+]=[N-])C=C(Br)[C@H]2O1. The maximum absolute atomic E-state index is 9.98. The molecule has 88 valence electrons. The lowest BCUT2D eigenvalue weighted by molar-refractivity contribution is -0.153. The molecule has 0 saturated carbocycles. The first kappa shape index (κ1) is 11.9. The average Bonchev–Trinajstić information content (AvgIpc) is 2.51. The largest absolute Gasteiger partial charge is 0.390 e. The molecule has 1 aliphatic heterocycles. The molecule has 0 aromatic heterocycles. The van der Waals surface area contributed by atoms with Crippen LogP contribution in [0.1, 0.15) is 13.8 Å². The Morgan fingerprint density at radius 2 is 2.25 bits per heavy atom. The van der Waals surface area contributed by atoms with Gasteiger partial charge in [-0.25, -0.2) is 0 Å². The summed E-state index contributed by atoms with van der Waals surface area (Å²) < 4.78 is 12.0. The molecular formula is C9H12BrN3O3. The standard InChI is InChI=1S/C9H12BrN3O3/c1-9(2)15-7-4(10)3-5(12-13-11)6(14)8(7)16-9/h3,5-8,14H,1-2H3/t5-,6+,7-,8+/m1/s1. The highest BCUT2D eigenvalue weighted by Gasteiger charge is 2.50. The van der Waals surface area contributed by atoms with Gasteiger partial charge in [-0.1, -0.05) is 27.1 Å². The van der Waals surface area contributed by atoms with E-state index >= 15 is 0 Å². The van der Waals surface area contributed by atoms with Gasteiger partial charge in [0.2, 0.25) is 0 Å². The van der Waals surface area contributed by atoms with Crippen molar-refractivity contribution in [2.45, 2.75) is 44.0 Å². The number of fused-ring (bicyclic) bond motifs is 1.